The number of hydrogen-bond donors (Lipinski definition) is 5. The van der Waals surface area contributed by atoms with Gasteiger partial charge in [0.15, 0.2) is 0 Å². The summed E-state index contributed by atoms with van der Waals surface area (Å²) in [6.45, 7) is -0.517. The van der Waals surface area contributed by atoms with Crippen molar-refractivity contribution in [3.63, 3.8) is 0 Å². The van der Waals surface area contributed by atoms with Gasteiger partial charge >= 0.3 is 31.8 Å². The molecule has 0 aromatic rings. The van der Waals surface area contributed by atoms with Crippen LogP contribution in [0.4, 0.5) is 8.78 Å². The van der Waals surface area contributed by atoms with Gasteiger partial charge in [0.2, 0.25) is 8.32 Å². The lowest BCUT2D eigenvalue weighted by atomic mass is 10.3. The Morgan fingerprint density at radius 2 is 0.842 bits per heavy atom. The van der Waals surface area contributed by atoms with Gasteiger partial charge in [-0.15, -0.1) is 0 Å². The van der Waals surface area contributed by atoms with Gasteiger partial charge in [-0.05, 0) is 56.3 Å². The summed E-state index contributed by atoms with van der Waals surface area (Å²) in [6, 6.07) is 1.86. The Morgan fingerprint density at radius 1 is 0.456 bits per heavy atom. The summed E-state index contributed by atoms with van der Waals surface area (Å²) < 4.78 is 101. The quantitative estimate of drug-likeness (QED) is 0.0423. The second-order valence-corrected chi connectivity index (χ2v) is 27.7. The highest BCUT2D eigenvalue weighted by Gasteiger charge is 2.37. The highest BCUT2D eigenvalue weighted by atomic mass is 28.4. The Morgan fingerprint density at radius 3 is 1.25 bits per heavy atom. The van der Waals surface area contributed by atoms with Crippen LogP contribution in [0.15, 0.2) is 0 Å². The predicted octanol–water partition coefficient (Wildman–Crippen LogP) is 0.821. The number of hydrogen-bond acceptors (Lipinski definition) is 18. The topological polar surface area (TPSA) is 221 Å². The normalized spacial score (nSPS) is 14.4. The van der Waals surface area contributed by atoms with Gasteiger partial charge in [-0.3, -0.25) is 0 Å². The third-order valence-corrected chi connectivity index (χ3v) is 22.3. The van der Waals surface area contributed by atoms with Gasteiger partial charge in [-0.2, -0.15) is 8.78 Å². The highest BCUT2D eigenvalue weighted by Crippen LogP contribution is 2.20. The van der Waals surface area contributed by atoms with Crippen molar-refractivity contribution in [3.05, 3.63) is 0 Å². The molecule has 5 N–H and O–H groups in total. The fourth-order valence-electron chi connectivity index (χ4n) is 5.53. The Kier molecular flexibility index (Phi) is 32.7. The second-order valence-electron chi connectivity index (χ2n) is 13.5. The maximum Gasteiger partial charge on any atom is 0.379 e. The van der Waals surface area contributed by atoms with E-state index in [0.29, 0.717) is 56.5 Å². The van der Waals surface area contributed by atoms with E-state index >= 15 is 0 Å². The van der Waals surface area contributed by atoms with Crippen molar-refractivity contribution in [2.45, 2.75) is 74.6 Å². The van der Waals surface area contributed by atoms with Crippen molar-refractivity contribution >= 4 is 34.0 Å². The van der Waals surface area contributed by atoms with E-state index in [0.717, 1.165) is 0 Å². The van der Waals surface area contributed by atoms with E-state index in [4.69, 9.17) is 59.4 Å². The Balaban J connectivity index is 5.24. The maximum absolute atomic E-state index is 14.9. The largest absolute Gasteiger partial charge is 0.415 e. The number of aliphatic hydroxyl groups excluding tert-OH is 5. The molecule has 0 saturated heterocycles. The van der Waals surface area contributed by atoms with E-state index in [9.17, 15) is 34.3 Å². The van der Waals surface area contributed by atoms with E-state index < -0.39 is 58.9 Å². The van der Waals surface area contributed by atoms with Gasteiger partial charge in [0, 0.05) is 76.2 Å². The molecule has 0 aromatic carbocycles. The third kappa shape index (κ3) is 23.1. The minimum absolute atomic E-state index is 0.0305. The minimum atomic E-state index is -3.64. The lowest BCUT2D eigenvalue weighted by Gasteiger charge is -2.26. The van der Waals surface area contributed by atoms with E-state index in [1.165, 1.54) is 49.8 Å². The van der Waals surface area contributed by atoms with Crippen molar-refractivity contribution in [2.24, 2.45) is 0 Å². The molecule has 0 heterocycles. The van der Waals surface area contributed by atoms with Crippen LogP contribution in [-0.2, 0) is 59.4 Å². The van der Waals surface area contributed by atoms with Crippen molar-refractivity contribution in [1.82, 2.24) is 0 Å². The standard InChI is InChI=1S/C33H74F2O18Si4/c1-41-54(26-36,27-37)18-10-15-52-32(23-49-14-9-20-56(29-39,44-4)45-5)24-50-25-33(34,35)53-17-12-31(51-16-11-21-57(30-40,46-6)47-7)22-48-13-8-19-55(28-38,42-2)43-3/h31-32,36-40H,8-30H2,1-7H3. The molecule has 0 aromatic heterocycles. The SMILES string of the molecule is CO[Si](CO)(CO)CCCOC(COCCC[Si](CO)(OC)OC)COCC(F)(F)OCCC(COCCC[Si](CO)(OC)OC)OCCC[Si](CO)(OC)OC. The summed E-state index contributed by atoms with van der Waals surface area (Å²) in [6.07, 6.45) is -3.97. The maximum atomic E-state index is 14.9. The molecule has 0 aliphatic carbocycles. The molecule has 0 bridgehead atoms. The third-order valence-electron chi connectivity index (χ3n) is 9.78. The van der Waals surface area contributed by atoms with E-state index in [1.54, 1.807) is 0 Å². The summed E-state index contributed by atoms with van der Waals surface area (Å²) >= 11 is 0. The number of aliphatic hydroxyl groups is 5. The van der Waals surface area contributed by atoms with Crippen LogP contribution in [0, 0.1) is 0 Å². The predicted molar refractivity (Wildman–Crippen MR) is 213 cm³/mol. The molecular formula is C33H74F2O18Si4. The summed E-state index contributed by atoms with van der Waals surface area (Å²) in [7, 11) is -0.520. The zero-order valence-electron chi connectivity index (χ0n) is 35.2. The van der Waals surface area contributed by atoms with E-state index in [1.807, 2.05) is 0 Å². The lowest BCUT2D eigenvalue weighted by molar-refractivity contribution is -0.269. The van der Waals surface area contributed by atoms with Crippen molar-refractivity contribution < 1.29 is 93.7 Å². The summed E-state index contributed by atoms with van der Waals surface area (Å²) in [5.74, 6) is 0. The van der Waals surface area contributed by atoms with Crippen LogP contribution in [-0.4, -0.2) is 218 Å². The molecule has 0 spiro atoms. The second kappa shape index (κ2) is 32.7. The number of rotatable bonds is 42. The molecule has 0 fully saturated rings. The number of ether oxygens (including phenoxy) is 6. The molecule has 57 heavy (non-hydrogen) atoms. The molecule has 0 radical (unpaired) electrons. The van der Waals surface area contributed by atoms with Crippen LogP contribution >= 0.6 is 0 Å². The highest BCUT2D eigenvalue weighted by molar-refractivity contribution is 6.73. The first-order valence-corrected chi connectivity index (χ1v) is 28.4. The van der Waals surface area contributed by atoms with Crippen molar-refractivity contribution in [3.8, 4) is 0 Å². The summed E-state index contributed by atoms with van der Waals surface area (Å²) in [4.78, 5) is 0. The molecule has 2 unspecified atom stereocenters. The Bertz CT molecular complexity index is 838. The lowest BCUT2D eigenvalue weighted by Crippen LogP contribution is -2.46. The minimum Gasteiger partial charge on any atom is -0.415 e. The fraction of sp³-hybridized carbons (Fsp3) is 1.00. The molecule has 0 aliphatic rings. The molecule has 18 nitrogen and oxygen atoms in total. The van der Waals surface area contributed by atoms with Crippen molar-refractivity contribution in [2.75, 3.05) is 140 Å². The van der Waals surface area contributed by atoms with Gasteiger partial charge in [-0.1, -0.05) is 0 Å². The van der Waals surface area contributed by atoms with Crippen LogP contribution in [0.5, 0.6) is 0 Å². The molecule has 0 rings (SSSR count). The first-order chi connectivity index (χ1) is 27.3. The van der Waals surface area contributed by atoms with E-state index in [-0.39, 0.29) is 83.8 Å². The number of alkyl halides is 2. The van der Waals surface area contributed by atoms with Crippen LogP contribution in [0.2, 0.25) is 24.2 Å². The smallest absolute Gasteiger partial charge is 0.379 e. The Hall–Kier alpha value is 0.00753. The molecule has 344 valence electrons. The first kappa shape index (κ1) is 57.0. The molecule has 2 atom stereocenters. The van der Waals surface area contributed by atoms with E-state index in [2.05, 4.69) is 0 Å². The average Bonchev–Trinajstić information content (AvgIpc) is 3.23. The van der Waals surface area contributed by atoms with Gasteiger partial charge in [0.05, 0.1) is 63.7 Å². The number of halogens is 2. The molecule has 0 saturated carbocycles. The first-order valence-electron chi connectivity index (χ1n) is 19.2. The average molecular weight is 909 g/mol. The fourth-order valence-corrected chi connectivity index (χ4v) is 12.2. The van der Waals surface area contributed by atoms with Crippen LogP contribution in [0.1, 0.15) is 32.1 Å². The monoisotopic (exact) mass is 908 g/mol. The molecule has 24 heteroatoms. The molecule has 0 amide bonds. The zero-order valence-corrected chi connectivity index (χ0v) is 39.2. The summed E-state index contributed by atoms with van der Waals surface area (Å²) in [5.41, 5.74) is 0. The van der Waals surface area contributed by atoms with Crippen LogP contribution < -0.4 is 0 Å². The zero-order chi connectivity index (χ0) is 43.1. The van der Waals surface area contributed by atoms with Crippen LogP contribution in [0.25, 0.3) is 0 Å². The van der Waals surface area contributed by atoms with Crippen molar-refractivity contribution in [1.29, 1.82) is 0 Å². The van der Waals surface area contributed by atoms with Gasteiger partial charge in [0.25, 0.3) is 0 Å². The van der Waals surface area contributed by atoms with Gasteiger partial charge in [0.1, 0.15) is 12.7 Å². The van der Waals surface area contributed by atoms with Gasteiger partial charge < -0.3 is 84.9 Å². The Labute approximate surface area is 342 Å². The molecular weight excluding hydrogens is 835 g/mol. The van der Waals surface area contributed by atoms with Gasteiger partial charge in [-0.25, -0.2) is 0 Å². The molecule has 0 aliphatic heterocycles. The summed E-state index contributed by atoms with van der Waals surface area (Å²) in [5, 5.41) is 48.5. The van der Waals surface area contributed by atoms with Crippen LogP contribution in [0.3, 0.4) is 0 Å².